The van der Waals surface area contributed by atoms with Gasteiger partial charge in [-0.05, 0) is 43.0 Å². The summed E-state index contributed by atoms with van der Waals surface area (Å²) in [6, 6.07) is 8.19. The summed E-state index contributed by atoms with van der Waals surface area (Å²) < 4.78 is 0. The number of allylic oxidation sites excluding steroid dienone is 2. The predicted octanol–water partition coefficient (Wildman–Crippen LogP) is 4.68. The third kappa shape index (κ3) is 5.11. The van der Waals surface area contributed by atoms with Crippen LogP contribution in [0.2, 0.25) is 0 Å². The number of amides is 1. The first-order valence-corrected chi connectivity index (χ1v) is 8.30. The lowest BCUT2D eigenvalue weighted by molar-refractivity contribution is -0.384. The molecule has 6 heteroatoms. The molecule has 0 radical (unpaired) electrons. The van der Waals surface area contributed by atoms with Gasteiger partial charge in [0.2, 0.25) is 5.91 Å². The highest BCUT2D eigenvalue weighted by molar-refractivity contribution is 5.96. The number of aryl methyl sites for hydroxylation is 1. The van der Waals surface area contributed by atoms with Crippen LogP contribution < -0.4 is 5.32 Å². The molecular weight excluding hydrogens is 330 g/mol. The van der Waals surface area contributed by atoms with E-state index in [-0.39, 0.29) is 18.0 Å². The van der Waals surface area contributed by atoms with Crippen molar-refractivity contribution in [2.75, 3.05) is 5.32 Å². The van der Waals surface area contributed by atoms with Crippen LogP contribution in [-0.4, -0.2) is 15.8 Å². The highest BCUT2D eigenvalue weighted by Gasteiger charge is 2.14. The van der Waals surface area contributed by atoms with E-state index >= 15 is 0 Å². The minimum Gasteiger partial charge on any atom is -0.325 e. The number of nitro benzene ring substituents is 1. The maximum absolute atomic E-state index is 12.1. The van der Waals surface area contributed by atoms with Gasteiger partial charge in [-0.1, -0.05) is 12.2 Å². The average molecular weight is 351 g/mol. The molecule has 0 bridgehead atoms. The standard InChI is InChI=1S/C20H21N3O3/c1-3-5-7-16-13-15(11-12-21-16)18-10-9-17(23(25)26)14-19(18)22-20(24)8-6-4-2/h3-4,9-14H,1-2,5-8H2,(H,22,24). The Morgan fingerprint density at radius 3 is 2.65 bits per heavy atom. The number of non-ortho nitro benzene ring substituents is 1. The van der Waals surface area contributed by atoms with Crippen molar-refractivity contribution in [3.8, 4) is 11.1 Å². The van der Waals surface area contributed by atoms with Gasteiger partial charge >= 0.3 is 0 Å². The molecule has 0 atom stereocenters. The quantitative estimate of drug-likeness (QED) is 0.404. The molecule has 1 N–H and O–H groups in total. The fourth-order valence-electron chi connectivity index (χ4n) is 2.48. The number of carbonyl (C=O) groups is 1. The van der Waals surface area contributed by atoms with Crippen LogP contribution in [-0.2, 0) is 11.2 Å². The summed E-state index contributed by atoms with van der Waals surface area (Å²) in [5.74, 6) is -0.215. The first-order chi connectivity index (χ1) is 12.5. The second-order valence-electron chi connectivity index (χ2n) is 5.73. The zero-order chi connectivity index (χ0) is 18.9. The predicted molar refractivity (Wildman–Crippen MR) is 103 cm³/mol. The molecule has 0 saturated carbocycles. The Kier molecular flexibility index (Phi) is 6.79. The van der Waals surface area contributed by atoms with E-state index in [4.69, 9.17) is 0 Å². The summed E-state index contributed by atoms with van der Waals surface area (Å²) in [5, 5.41) is 13.9. The van der Waals surface area contributed by atoms with Crippen molar-refractivity contribution in [3.05, 3.63) is 77.6 Å². The summed E-state index contributed by atoms with van der Waals surface area (Å²) in [6.45, 7) is 7.30. The molecule has 0 spiro atoms. The SMILES string of the molecule is C=CCCC(=O)Nc1cc([N+](=O)[O-])ccc1-c1ccnc(CCC=C)c1. The summed E-state index contributed by atoms with van der Waals surface area (Å²) in [6.07, 6.45) is 7.55. The molecule has 6 nitrogen and oxygen atoms in total. The lowest BCUT2D eigenvalue weighted by Gasteiger charge is -2.12. The maximum Gasteiger partial charge on any atom is 0.271 e. The fraction of sp³-hybridized carbons (Fsp3) is 0.200. The summed E-state index contributed by atoms with van der Waals surface area (Å²) in [4.78, 5) is 27.0. The van der Waals surface area contributed by atoms with Crippen molar-refractivity contribution in [1.29, 1.82) is 0 Å². The fourth-order valence-corrected chi connectivity index (χ4v) is 2.48. The number of rotatable bonds is 9. The van der Waals surface area contributed by atoms with Gasteiger partial charge in [-0.25, -0.2) is 0 Å². The van der Waals surface area contributed by atoms with E-state index in [1.807, 2.05) is 18.2 Å². The smallest absolute Gasteiger partial charge is 0.271 e. The Morgan fingerprint density at radius 2 is 1.96 bits per heavy atom. The van der Waals surface area contributed by atoms with Crippen molar-refractivity contribution in [2.45, 2.75) is 25.7 Å². The summed E-state index contributed by atoms with van der Waals surface area (Å²) >= 11 is 0. The van der Waals surface area contributed by atoms with Gasteiger partial charge in [0.25, 0.3) is 5.69 Å². The molecule has 0 aliphatic heterocycles. The monoisotopic (exact) mass is 351 g/mol. The number of anilines is 1. The van der Waals surface area contributed by atoms with Gasteiger partial charge in [0.15, 0.2) is 0 Å². The lowest BCUT2D eigenvalue weighted by atomic mass is 10.0. The van der Waals surface area contributed by atoms with Gasteiger partial charge in [0.05, 0.1) is 10.6 Å². The Hall–Kier alpha value is -3.28. The van der Waals surface area contributed by atoms with E-state index in [9.17, 15) is 14.9 Å². The Bertz CT molecular complexity index is 831. The zero-order valence-electron chi connectivity index (χ0n) is 14.5. The van der Waals surface area contributed by atoms with Crippen molar-refractivity contribution < 1.29 is 9.72 Å². The number of carbonyl (C=O) groups excluding carboxylic acids is 1. The summed E-state index contributed by atoms with van der Waals surface area (Å²) in [7, 11) is 0. The van der Waals surface area contributed by atoms with Gasteiger partial charge in [-0.2, -0.15) is 0 Å². The van der Waals surface area contributed by atoms with Gasteiger partial charge in [0.1, 0.15) is 0 Å². The van der Waals surface area contributed by atoms with Crippen LogP contribution >= 0.6 is 0 Å². The second kappa shape index (κ2) is 9.27. The van der Waals surface area contributed by atoms with Crippen molar-refractivity contribution in [3.63, 3.8) is 0 Å². The molecule has 0 aliphatic carbocycles. The molecule has 2 aromatic rings. The summed E-state index contributed by atoms with van der Waals surface area (Å²) in [5.41, 5.74) is 2.78. The topological polar surface area (TPSA) is 85.1 Å². The molecule has 2 rings (SSSR count). The van der Waals surface area contributed by atoms with E-state index in [0.717, 1.165) is 24.1 Å². The van der Waals surface area contributed by atoms with Crippen LogP contribution in [0.1, 0.15) is 25.0 Å². The number of nitro groups is 1. The van der Waals surface area contributed by atoms with E-state index in [0.29, 0.717) is 17.7 Å². The molecule has 0 fully saturated rings. The number of nitrogens with zero attached hydrogens (tertiary/aromatic N) is 2. The van der Waals surface area contributed by atoms with Crippen LogP contribution in [0.25, 0.3) is 11.1 Å². The lowest BCUT2D eigenvalue weighted by Crippen LogP contribution is -2.12. The largest absolute Gasteiger partial charge is 0.325 e. The number of aromatic nitrogens is 1. The molecule has 1 aromatic carbocycles. The molecule has 1 heterocycles. The number of benzene rings is 1. The molecule has 26 heavy (non-hydrogen) atoms. The van der Waals surface area contributed by atoms with E-state index < -0.39 is 4.92 Å². The molecule has 1 amide bonds. The zero-order valence-corrected chi connectivity index (χ0v) is 14.5. The highest BCUT2D eigenvalue weighted by atomic mass is 16.6. The molecule has 134 valence electrons. The van der Waals surface area contributed by atoms with Crippen molar-refractivity contribution in [1.82, 2.24) is 4.98 Å². The average Bonchev–Trinajstić information content (AvgIpc) is 2.64. The Morgan fingerprint density at radius 1 is 1.19 bits per heavy atom. The normalized spacial score (nSPS) is 10.2. The van der Waals surface area contributed by atoms with E-state index in [1.54, 1.807) is 18.3 Å². The third-order valence-corrected chi connectivity index (χ3v) is 3.80. The minimum absolute atomic E-state index is 0.0753. The van der Waals surface area contributed by atoms with E-state index in [1.165, 1.54) is 12.1 Å². The molecule has 0 aliphatic rings. The first kappa shape index (κ1) is 19.1. The van der Waals surface area contributed by atoms with Crippen molar-refractivity contribution >= 4 is 17.3 Å². The van der Waals surface area contributed by atoms with Crippen LogP contribution in [0.4, 0.5) is 11.4 Å². The number of hydrogen-bond donors (Lipinski definition) is 1. The number of pyridine rings is 1. The maximum atomic E-state index is 12.1. The molecule has 0 saturated heterocycles. The van der Waals surface area contributed by atoms with Crippen molar-refractivity contribution in [2.24, 2.45) is 0 Å². The van der Waals surface area contributed by atoms with Crippen LogP contribution in [0.5, 0.6) is 0 Å². The molecule has 1 aromatic heterocycles. The third-order valence-electron chi connectivity index (χ3n) is 3.80. The minimum atomic E-state index is -0.481. The molecular formula is C20H21N3O3. The Balaban J connectivity index is 2.40. The first-order valence-electron chi connectivity index (χ1n) is 8.30. The highest BCUT2D eigenvalue weighted by Crippen LogP contribution is 2.32. The number of nitrogens with one attached hydrogen (secondary N) is 1. The van der Waals surface area contributed by atoms with Crippen LogP contribution in [0.15, 0.2) is 61.8 Å². The molecule has 0 unspecified atom stereocenters. The number of hydrogen-bond acceptors (Lipinski definition) is 4. The van der Waals surface area contributed by atoms with Gasteiger partial charge in [-0.15, -0.1) is 13.2 Å². The van der Waals surface area contributed by atoms with Crippen LogP contribution in [0, 0.1) is 10.1 Å². The van der Waals surface area contributed by atoms with E-state index in [2.05, 4.69) is 23.5 Å². The second-order valence-corrected chi connectivity index (χ2v) is 5.73. The van der Waals surface area contributed by atoms with Gasteiger partial charge in [0, 0.05) is 36.0 Å². The van der Waals surface area contributed by atoms with Gasteiger partial charge in [-0.3, -0.25) is 19.9 Å². The Labute approximate surface area is 152 Å². The van der Waals surface area contributed by atoms with Gasteiger partial charge < -0.3 is 5.32 Å². The van der Waals surface area contributed by atoms with Crippen LogP contribution in [0.3, 0.4) is 0 Å².